The Morgan fingerprint density at radius 3 is 2.80 bits per heavy atom. The molecule has 1 aliphatic carbocycles. The van der Waals surface area contributed by atoms with Crippen molar-refractivity contribution in [2.24, 2.45) is 5.73 Å². The van der Waals surface area contributed by atoms with Gasteiger partial charge >= 0.3 is 0 Å². The summed E-state index contributed by atoms with van der Waals surface area (Å²) in [5.41, 5.74) is 6.72. The largest absolute Gasteiger partial charge is 0.399 e. The Bertz CT molecular complexity index is 277. The first-order valence-corrected chi connectivity index (χ1v) is 5.81. The summed E-state index contributed by atoms with van der Waals surface area (Å²) in [6.45, 7) is 4.51. The van der Waals surface area contributed by atoms with E-state index in [1.165, 1.54) is 12.8 Å². The fourth-order valence-corrected chi connectivity index (χ4v) is 2.29. The molecule has 1 saturated heterocycles. The first kappa shape index (κ1) is 10.7. The van der Waals surface area contributed by atoms with Crippen molar-refractivity contribution in [3.63, 3.8) is 0 Å². The second-order valence-corrected chi connectivity index (χ2v) is 4.83. The molecule has 4 N–H and O–H groups in total. The maximum Gasteiger partial charge on any atom is 0.0377 e. The molecule has 0 saturated carbocycles. The van der Waals surface area contributed by atoms with Gasteiger partial charge in [0.25, 0.3) is 0 Å². The van der Waals surface area contributed by atoms with E-state index in [2.05, 4.69) is 29.7 Å². The van der Waals surface area contributed by atoms with Crippen LogP contribution in [0.5, 0.6) is 0 Å². The summed E-state index contributed by atoms with van der Waals surface area (Å²) < 4.78 is 0. The molecule has 1 unspecified atom stereocenters. The van der Waals surface area contributed by atoms with E-state index in [9.17, 15) is 0 Å². The van der Waals surface area contributed by atoms with Gasteiger partial charge in [0.05, 0.1) is 0 Å². The van der Waals surface area contributed by atoms with Crippen LogP contribution >= 0.6 is 0 Å². The molecular formula is C12H21N3. The number of piperidine rings is 1. The van der Waals surface area contributed by atoms with Crippen LogP contribution < -0.4 is 16.4 Å². The summed E-state index contributed by atoms with van der Waals surface area (Å²) in [5, 5.41) is 7.11. The van der Waals surface area contributed by atoms with Crippen molar-refractivity contribution in [3.05, 3.63) is 23.9 Å². The molecule has 1 heterocycles. The molecule has 1 atom stereocenters. The minimum atomic E-state index is 0.102. The van der Waals surface area contributed by atoms with E-state index < -0.39 is 0 Å². The van der Waals surface area contributed by atoms with E-state index in [1.807, 2.05) is 6.08 Å². The predicted octanol–water partition coefficient (Wildman–Crippen LogP) is 0.889. The summed E-state index contributed by atoms with van der Waals surface area (Å²) in [4.78, 5) is 0. The molecule has 15 heavy (non-hydrogen) atoms. The smallest absolute Gasteiger partial charge is 0.0377 e. The Labute approximate surface area is 91.8 Å². The van der Waals surface area contributed by atoms with Gasteiger partial charge in [0.1, 0.15) is 0 Å². The van der Waals surface area contributed by atoms with Gasteiger partial charge in [-0.1, -0.05) is 12.2 Å². The van der Waals surface area contributed by atoms with Crippen LogP contribution in [-0.2, 0) is 0 Å². The third-order valence-electron chi connectivity index (χ3n) is 3.28. The molecule has 2 rings (SSSR count). The molecule has 84 valence electrons. The maximum atomic E-state index is 5.73. The highest BCUT2D eigenvalue weighted by atomic mass is 15.0. The Kier molecular flexibility index (Phi) is 3.12. The zero-order valence-corrected chi connectivity index (χ0v) is 9.42. The van der Waals surface area contributed by atoms with Crippen molar-refractivity contribution < 1.29 is 0 Å². The van der Waals surface area contributed by atoms with Gasteiger partial charge in [0.15, 0.2) is 0 Å². The lowest BCUT2D eigenvalue weighted by molar-refractivity contribution is 0.310. The molecule has 0 amide bonds. The highest BCUT2D eigenvalue weighted by Gasteiger charge is 2.26. The molecule has 3 nitrogen and oxygen atoms in total. The lowest BCUT2D eigenvalue weighted by Gasteiger charge is -2.35. The summed E-state index contributed by atoms with van der Waals surface area (Å²) in [6.07, 6.45) is 9.76. The van der Waals surface area contributed by atoms with Gasteiger partial charge in [-0.3, -0.25) is 0 Å². The molecule has 0 radical (unpaired) electrons. The number of allylic oxidation sites excluding steroid dienone is 1. The average Bonchev–Trinajstić information content (AvgIpc) is 2.24. The minimum absolute atomic E-state index is 0.102. The van der Waals surface area contributed by atoms with Crippen LogP contribution in [0, 0.1) is 0 Å². The molecule has 1 aliphatic heterocycles. The van der Waals surface area contributed by atoms with E-state index in [0.717, 1.165) is 25.2 Å². The second-order valence-electron chi connectivity index (χ2n) is 4.83. The number of hydrogen-bond acceptors (Lipinski definition) is 3. The summed E-state index contributed by atoms with van der Waals surface area (Å²) in [6, 6.07) is 0.647. The third-order valence-corrected chi connectivity index (χ3v) is 3.28. The van der Waals surface area contributed by atoms with E-state index in [4.69, 9.17) is 5.73 Å². The van der Waals surface area contributed by atoms with Gasteiger partial charge in [0, 0.05) is 17.3 Å². The van der Waals surface area contributed by atoms with Gasteiger partial charge in [-0.05, 0) is 45.4 Å². The van der Waals surface area contributed by atoms with Gasteiger partial charge < -0.3 is 16.4 Å². The van der Waals surface area contributed by atoms with Crippen LogP contribution in [0.2, 0.25) is 0 Å². The van der Waals surface area contributed by atoms with E-state index >= 15 is 0 Å². The average molecular weight is 207 g/mol. The molecule has 0 spiro atoms. The van der Waals surface area contributed by atoms with E-state index in [-0.39, 0.29) is 5.54 Å². The van der Waals surface area contributed by atoms with Crippen molar-refractivity contribution in [1.82, 2.24) is 10.6 Å². The molecule has 0 aromatic heterocycles. The van der Waals surface area contributed by atoms with Gasteiger partial charge in [-0.25, -0.2) is 0 Å². The predicted molar refractivity (Wildman–Crippen MR) is 63.5 cm³/mol. The molecule has 0 aromatic rings. The third kappa shape index (κ3) is 2.83. The normalized spacial score (nSPS) is 32.7. The molecule has 3 heteroatoms. The van der Waals surface area contributed by atoms with E-state index in [0.29, 0.717) is 6.04 Å². The quantitative estimate of drug-likeness (QED) is 0.630. The minimum Gasteiger partial charge on any atom is -0.399 e. The van der Waals surface area contributed by atoms with Crippen LogP contribution in [0.3, 0.4) is 0 Å². The van der Waals surface area contributed by atoms with Crippen molar-refractivity contribution in [2.75, 3.05) is 13.1 Å². The van der Waals surface area contributed by atoms with Crippen LogP contribution in [0.1, 0.15) is 26.2 Å². The zero-order valence-electron chi connectivity index (χ0n) is 9.42. The molecule has 1 fully saturated rings. The summed E-state index contributed by atoms with van der Waals surface area (Å²) >= 11 is 0. The molecule has 0 bridgehead atoms. The second kappa shape index (κ2) is 4.37. The number of hydrogen-bond donors (Lipinski definition) is 3. The van der Waals surface area contributed by atoms with E-state index in [1.54, 1.807) is 0 Å². The van der Waals surface area contributed by atoms with Gasteiger partial charge in [-0.2, -0.15) is 0 Å². The summed E-state index contributed by atoms with van der Waals surface area (Å²) in [5.74, 6) is 0. The van der Waals surface area contributed by atoms with Crippen molar-refractivity contribution >= 4 is 0 Å². The fraction of sp³-hybridized carbons (Fsp3) is 0.667. The molecular weight excluding hydrogens is 186 g/mol. The lowest BCUT2D eigenvalue weighted by atomic mass is 9.90. The Morgan fingerprint density at radius 2 is 2.20 bits per heavy atom. The zero-order chi connectivity index (χ0) is 10.7. The highest BCUT2D eigenvalue weighted by Crippen LogP contribution is 2.20. The number of nitrogens with two attached hydrogens (primary N) is 1. The van der Waals surface area contributed by atoms with Crippen LogP contribution in [0.4, 0.5) is 0 Å². The van der Waals surface area contributed by atoms with Crippen LogP contribution in [0.25, 0.3) is 0 Å². The Hall–Kier alpha value is -0.800. The Morgan fingerprint density at radius 1 is 1.47 bits per heavy atom. The first-order chi connectivity index (χ1) is 7.18. The summed E-state index contributed by atoms with van der Waals surface area (Å²) in [7, 11) is 0. The number of nitrogens with one attached hydrogen (secondary N) is 2. The van der Waals surface area contributed by atoms with Crippen LogP contribution in [0.15, 0.2) is 23.9 Å². The SMILES string of the molecule is CC1(NC2CCNCC2)C=CC(N)=CC1. The van der Waals surface area contributed by atoms with Gasteiger partial charge in [0.2, 0.25) is 0 Å². The van der Waals surface area contributed by atoms with Crippen LogP contribution in [-0.4, -0.2) is 24.7 Å². The maximum absolute atomic E-state index is 5.73. The van der Waals surface area contributed by atoms with Crippen molar-refractivity contribution in [3.8, 4) is 0 Å². The monoisotopic (exact) mass is 207 g/mol. The van der Waals surface area contributed by atoms with Crippen molar-refractivity contribution in [2.45, 2.75) is 37.8 Å². The van der Waals surface area contributed by atoms with Crippen molar-refractivity contribution in [1.29, 1.82) is 0 Å². The molecule has 0 aromatic carbocycles. The fourth-order valence-electron chi connectivity index (χ4n) is 2.29. The first-order valence-electron chi connectivity index (χ1n) is 5.81. The standard InChI is InChI=1S/C12H21N3/c1-12(6-2-10(13)3-7-12)15-11-4-8-14-9-5-11/h2-3,6,11,14-15H,4-5,7-9,13H2,1H3. The highest BCUT2D eigenvalue weighted by molar-refractivity contribution is 5.26. The molecule has 2 aliphatic rings. The topological polar surface area (TPSA) is 50.1 Å². The van der Waals surface area contributed by atoms with Gasteiger partial charge in [-0.15, -0.1) is 0 Å². The number of rotatable bonds is 2. The lowest BCUT2D eigenvalue weighted by Crippen LogP contribution is -2.50. The Balaban J connectivity index is 1.90.